The van der Waals surface area contributed by atoms with Gasteiger partial charge in [0.25, 0.3) is 0 Å². The van der Waals surface area contributed by atoms with Crippen molar-refractivity contribution in [2.45, 2.75) is 31.6 Å². The molecule has 0 saturated carbocycles. The molecule has 12 nitrogen and oxygen atoms in total. The van der Waals surface area contributed by atoms with Crippen LogP contribution in [0.3, 0.4) is 0 Å². The highest BCUT2D eigenvalue weighted by Crippen LogP contribution is 2.40. The lowest BCUT2D eigenvalue weighted by Gasteiger charge is -2.37. The number of ether oxygens (including phenoxy) is 5. The molecule has 1 N–H and O–H groups in total. The molecule has 15 heteroatoms. The van der Waals surface area contributed by atoms with E-state index in [0.29, 0.717) is 41.9 Å². The van der Waals surface area contributed by atoms with E-state index in [1.165, 1.54) is 11.9 Å². The van der Waals surface area contributed by atoms with Crippen LogP contribution in [-0.2, 0) is 31.3 Å². The van der Waals surface area contributed by atoms with Crippen molar-refractivity contribution < 1.29 is 28.5 Å². The highest BCUT2D eigenvalue weighted by Gasteiger charge is 2.45. The van der Waals surface area contributed by atoms with Gasteiger partial charge in [-0.15, -0.1) is 0 Å². The molecule has 52 heavy (non-hydrogen) atoms. The second kappa shape index (κ2) is 17.9. The maximum atomic E-state index is 12.9. The van der Waals surface area contributed by atoms with Gasteiger partial charge in [-0.25, -0.2) is 9.78 Å². The van der Waals surface area contributed by atoms with E-state index >= 15 is 0 Å². The number of nitrogens with one attached hydrogen (secondary N) is 1. The van der Waals surface area contributed by atoms with Crippen molar-refractivity contribution in [2.75, 3.05) is 81.0 Å². The zero-order valence-electron chi connectivity index (χ0n) is 29.5. The van der Waals surface area contributed by atoms with Crippen molar-refractivity contribution in [3.05, 3.63) is 101 Å². The lowest BCUT2D eigenvalue weighted by atomic mass is 10.1. The minimum atomic E-state index is -1.10. The molecule has 0 radical (unpaired) electrons. The Morgan fingerprint density at radius 3 is 2.29 bits per heavy atom. The fraction of sp³-hybridized carbons (Fsp3) is 0.405. The average molecular weight is 772 g/mol. The minimum absolute atomic E-state index is 0.215. The summed E-state index contributed by atoms with van der Waals surface area (Å²) in [5.74, 6) is 0.401. The number of carbonyl (C=O) groups is 1. The summed E-state index contributed by atoms with van der Waals surface area (Å²) in [6.07, 6.45) is 4.48. The van der Waals surface area contributed by atoms with Crippen LogP contribution >= 0.6 is 35.1 Å². The number of benzene rings is 3. The number of amides is 2. The summed E-state index contributed by atoms with van der Waals surface area (Å²) in [6.45, 7) is 6.84. The number of piperazine rings is 1. The second-order valence-electron chi connectivity index (χ2n) is 12.3. The van der Waals surface area contributed by atoms with Crippen LogP contribution in [0.4, 0.5) is 21.9 Å². The van der Waals surface area contributed by atoms with E-state index in [0.717, 1.165) is 54.7 Å². The van der Waals surface area contributed by atoms with E-state index in [1.54, 1.807) is 43.2 Å². The van der Waals surface area contributed by atoms with Crippen molar-refractivity contribution in [1.82, 2.24) is 13.9 Å². The van der Waals surface area contributed by atoms with Gasteiger partial charge in [-0.3, -0.25) is 4.31 Å². The largest absolute Gasteiger partial charge is 0.491 e. The number of hydrogen-bond acceptors (Lipinski definition) is 10. The third-order valence-electron chi connectivity index (χ3n) is 8.90. The van der Waals surface area contributed by atoms with Crippen LogP contribution in [0.1, 0.15) is 12.5 Å². The topological polar surface area (TPSA) is 103 Å². The first-order valence-corrected chi connectivity index (χ1v) is 18.8. The highest BCUT2D eigenvalue weighted by atomic mass is 35.5. The van der Waals surface area contributed by atoms with Crippen LogP contribution in [0, 0.1) is 0 Å². The van der Waals surface area contributed by atoms with Crippen molar-refractivity contribution >= 4 is 58.2 Å². The number of halogens is 2. The third kappa shape index (κ3) is 9.45. The number of hydrogen-bond donors (Lipinski definition) is 1. The van der Waals surface area contributed by atoms with Gasteiger partial charge in [0, 0.05) is 86.2 Å². The fourth-order valence-corrected chi connectivity index (χ4v) is 7.47. The first-order valence-electron chi connectivity index (χ1n) is 17.1. The lowest BCUT2D eigenvalue weighted by Crippen LogP contribution is -2.46. The monoisotopic (exact) mass is 770 g/mol. The summed E-state index contributed by atoms with van der Waals surface area (Å²) in [6, 6.07) is 21.2. The van der Waals surface area contributed by atoms with Crippen LogP contribution in [0.25, 0.3) is 0 Å². The maximum absolute atomic E-state index is 12.9. The molecule has 3 aromatic carbocycles. The third-order valence-corrected chi connectivity index (χ3v) is 10.3. The molecule has 4 aromatic rings. The Hall–Kier alpha value is -3.69. The van der Waals surface area contributed by atoms with E-state index in [-0.39, 0.29) is 12.1 Å². The summed E-state index contributed by atoms with van der Waals surface area (Å²) in [5.41, 5.74) is 3.69. The molecule has 0 spiro atoms. The van der Waals surface area contributed by atoms with Gasteiger partial charge in [0.1, 0.15) is 18.5 Å². The zero-order chi connectivity index (χ0) is 36.5. The van der Waals surface area contributed by atoms with Crippen LogP contribution in [-0.4, -0.2) is 98.2 Å². The number of nitrogens with zero attached hydrogens (tertiary/aromatic N) is 5. The standard InChI is InChI=1S/C37H44Cl2N6O6S/c1-4-52-45(22-35(47-2)48-3)36(46)41-28-6-8-29(9-7-28)43-17-19-44(20-18-43)30-10-12-31(13-11-30)49-23-32-24-50-37(51-32,25-42-16-15-40-26-42)33-14-5-27(38)21-34(33)39/h5-16,21,26,32,35H,4,17-20,22-25H2,1-3H3,(H,41,46). The molecule has 2 fully saturated rings. The number of aromatic nitrogens is 2. The SMILES string of the molecule is CCSN(CC(OC)OC)C(=O)Nc1ccc(N2CCN(c3ccc(OCC4COC(Cn5ccnc5)(c5ccc(Cl)cc5Cl)O4)cc3)CC2)cc1. The van der Waals surface area contributed by atoms with Crippen molar-refractivity contribution in [2.24, 2.45) is 0 Å². The Bertz CT molecular complexity index is 1730. The number of imidazole rings is 1. The summed E-state index contributed by atoms with van der Waals surface area (Å²) >= 11 is 14.2. The van der Waals surface area contributed by atoms with E-state index in [2.05, 4.69) is 32.2 Å². The number of anilines is 3. The van der Waals surface area contributed by atoms with Gasteiger partial charge in [0.15, 0.2) is 6.29 Å². The maximum Gasteiger partial charge on any atom is 0.332 e. The summed E-state index contributed by atoms with van der Waals surface area (Å²) in [4.78, 5) is 21.8. The Balaban J connectivity index is 0.981. The number of carbonyl (C=O) groups excluding carboxylic acids is 1. The van der Waals surface area contributed by atoms with Gasteiger partial charge in [-0.1, -0.05) is 36.2 Å². The fourth-order valence-electron chi connectivity index (χ4n) is 6.21. The molecule has 1 aromatic heterocycles. The van der Waals surface area contributed by atoms with E-state index in [1.807, 2.05) is 60.2 Å². The molecule has 2 atom stereocenters. The van der Waals surface area contributed by atoms with E-state index < -0.39 is 12.1 Å². The van der Waals surface area contributed by atoms with Crippen molar-refractivity contribution in [1.29, 1.82) is 0 Å². The molecule has 3 heterocycles. The van der Waals surface area contributed by atoms with E-state index in [4.69, 9.17) is 46.9 Å². The average Bonchev–Trinajstić information content (AvgIpc) is 3.83. The Kier molecular flexibility index (Phi) is 13.1. The number of rotatable bonds is 15. The lowest BCUT2D eigenvalue weighted by molar-refractivity contribution is -0.189. The van der Waals surface area contributed by atoms with E-state index in [9.17, 15) is 4.79 Å². The zero-order valence-corrected chi connectivity index (χ0v) is 31.8. The first-order chi connectivity index (χ1) is 25.3. The molecule has 0 aliphatic carbocycles. The molecule has 2 saturated heterocycles. The summed E-state index contributed by atoms with van der Waals surface area (Å²) < 4.78 is 33.0. The van der Waals surface area contributed by atoms with Crippen LogP contribution < -0.4 is 19.9 Å². The van der Waals surface area contributed by atoms with Gasteiger partial charge >= 0.3 is 6.03 Å². The summed E-state index contributed by atoms with van der Waals surface area (Å²) in [7, 11) is 3.12. The van der Waals surface area contributed by atoms with Gasteiger partial charge in [0.2, 0.25) is 5.79 Å². The molecule has 6 rings (SSSR count). The van der Waals surface area contributed by atoms with Crippen LogP contribution in [0.2, 0.25) is 10.0 Å². The molecule has 0 bridgehead atoms. The smallest absolute Gasteiger partial charge is 0.332 e. The number of methoxy groups -OCH3 is 2. The van der Waals surface area contributed by atoms with Gasteiger partial charge in [-0.05, 0) is 72.6 Å². The van der Waals surface area contributed by atoms with Crippen molar-refractivity contribution in [3.8, 4) is 5.75 Å². The normalized spacial score (nSPS) is 18.9. The Morgan fingerprint density at radius 2 is 1.69 bits per heavy atom. The molecule has 278 valence electrons. The predicted molar refractivity (Wildman–Crippen MR) is 206 cm³/mol. The van der Waals surface area contributed by atoms with Gasteiger partial charge < -0.3 is 43.4 Å². The molecule has 2 amide bonds. The second-order valence-corrected chi connectivity index (χ2v) is 14.4. The highest BCUT2D eigenvalue weighted by molar-refractivity contribution is 7.97. The summed E-state index contributed by atoms with van der Waals surface area (Å²) in [5, 5.41) is 3.99. The van der Waals surface area contributed by atoms with Crippen molar-refractivity contribution in [3.63, 3.8) is 0 Å². The van der Waals surface area contributed by atoms with Gasteiger partial charge in [0.05, 0.1) is 31.0 Å². The predicted octanol–water partition coefficient (Wildman–Crippen LogP) is 6.98. The molecule has 2 aliphatic rings. The quantitative estimate of drug-likeness (QED) is 0.101. The molecule has 2 aliphatic heterocycles. The number of urea groups is 1. The van der Waals surface area contributed by atoms with Crippen LogP contribution in [0.5, 0.6) is 5.75 Å². The molecular weight excluding hydrogens is 727 g/mol. The van der Waals surface area contributed by atoms with Crippen LogP contribution in [0.15, 0.2) is 85.5 Å². The Labute approximate surface area is 318 Å². The first kappa shape index (κ1) is 38.0. The van der Waals surface area contributed by atoms with Gasteiger partial charge in [-0.2, -0.15) is 0 Å². The molecule has 2 unspecified atom stereocenters. The minimum Gasteiger partial charge on any atom is -0.491 e. The Morgan fingerprint density at radius 1 is 1.02 bits per heavy atom. The molecular formula is C37H44Cl2N6O6S.